The van der Waals surface area contributed by atoms with Gasteiger partial charge in [-0.1, -0.05) is 6.42 Å². The smallest absolute Gasteiger partial charge is 0.182 e. The molecular weight excluding hydrogens is 158 g/mol. The van der Waals surface area contributed by atoms with Crippen LogP contribution in [0.5, 0.6) is 0 Å². The van der Waals surface area contributed by atoms with Gasteiger partial charge in [0.15, 0.2) is 16.0 Å². The van der Waals surface area contributed by atoms with Crippen molar-refractivity contribution in [3.63, 3.8) is 0 Å². The number of nitrogens with zero attached hydrogens (tertiary/aromatic N) is 2. The summed E-state index contributed by atoms with van der Waals surface area (Å²) in [4.78, 5) is 3.87. The van der Waals surface area contributed by atoms with E-state index in [2.05, 4.69) is 0 Å². The van der Waals surface area contributed by atoms with Gasteiger partial charge in [0.2, 0.25) is 0 Å². The van der Waals surface area contributed by atoms with Gasteiger partial charge in [0.05, 0.1) is 0 Å². The molecule has 1 saturated heterocycles. The topological polar surface area (TPSA) is 6.48 Å². The Labute approximate surface area is 84.5 Å². The summed E-state index contributed by atoms with van der Waals surface area (Å²) in [6, 6.07) is 0. The zero-order valence-corrected chi connectivity index (χ0v) is 8.41. The SMILES string of the molecule is [B]N1CCCCCN([B])CCCC1. The van der Waals surface area contributed by atoms with Crippen LogP contribution in [0.4, 0.5) is 0 Å². The van der Waals surface area contributed by atoms with Crippen molar-refractivity contribution in [2.75, 3.05) is 26.2 Å². The van der Waals surface area contributed by atoms with Crippen molar-refractivity contribution in [2.45, 2.75) is 32.1 Å². The molecule has 4 radical (unpaired) electrons. The molecule has 0 bridgehead atoms. The second-order valence-corrected chi connectivity index (χ2v) is 3.84. The highest BCUT2D eigenvalue weighted by atomic mass is 15.0. The Morgan fingerprint density at radius 3 is 1.23 bits per heavy atom. The lowest BCUT2D eigenvalue weighted by molar-refractivity contribution is 0.413. The van der Waals surface area contributed by atoms with Crippen LogP contribution in [0, 0.1) is 0 Å². The first kappa shape index (κ1) is 11.1. The van der Waals surface area contributed by atoms with Crippen LogP contribution in [0.15, 0.2) is 0 Å². The fourth-order valence-electron chi connectivity index (χ4n) is 1.66. The third-order valence-corrected chi connectivity index (χ3v) is 2.53. The first-order chi connectivity index (χ1) is 6.29. The first-order valence-corrected chi connectivity index (χ1v) is 5.28. The highest BCUT2D eigenvalue weighted by molar-refractivity contribution is 6.04. The van der Waals surface area contributed by atoms with E-state index in [0.29, 0.717) is 0 Å². The third kappa shape index (κ3) is 5.37. The number of hydrogen-bond donors (Lipinski definition) is 0. The molecule has 0 aromatic carbocycles. The Morgan fingerprint density at radius 2 is 0.846 bits per heavy atom. The van der Waals surface area contributed by atoms with E-state index in [4.69, 9.17) is 16.0 Å². The maximum Gasteiger partial charge on any atom is 0.182 e. The zero-order valence-electron chi connectivity index (χ0n) is 8.41. The van der Waals surface area contributed by atoms with E-state index < -0.39 is 0 Å². The molecule has 0 unspecified atom stereocenters. The van der Waals surface area contributed by atoms with E-state index in [-0.39, 0.29) is 0 Å². The summed E-state index contributed by atoms with van der Waals surface area (Å²) in [6.45, 7) is 4.08. The Balaban J connectivity index is 2.22. The fraction of sp³-hybridized carbons (Fsp3) is 1.00. The van der Waals surface area contributed by atoms with E-state index in [1.165, 1.54) is 19.3 Å². The van der Waals surface area contributed by atoms with Crippen molar-refractivity contribution < 1.29 is 0 Å². The molecule has 0 aromatic heterocycles. The zero-order chi connectivity index (χ0) is 9.52. The first-order valence-electron chi connectivity index (χ1n) is 5.28. The summed E-state index contributed by atoms with van der Waals surface area (Å²) in [6.07, 6.45) is 5.95. The van der Waals surface area contributed by atoms with Crippen molar-refractivity contribution >= 4 is 16.0 Å². The number of hydrogen-bond acceptors (Lipinski definition) is 2. The van der Waals surface area contributed by atoms with Gasteiger partial charge in [0.1, 0.15) is 0 Å². The van der Waals surface area contributed by atoms with Crippen LogP contribution >= 0.6 is 0 Å². The molecule has 1 rings (SSSR count). The van der Waals surface area contributed by atoms with Crippen LogP contribution in [0.1, 0.15) is 32.1 Å². The van der Waals surface area contributed by atoms with Gasteiger partial charge in [-0.2, -0.15) is 0 Å². The molecule has 2 nitrogen and oxygen atoms in total. The molecule has 0 amide bonds. The van der Waals surface area contributed by atoms with Crippen molar-refractivity contribution in [2.24, 2.45) is 0 Å². The molecular formula is C9H18B2N2. The third-order valence-electron chi connectivity index (χ3n) is 2.53. The summed E-state index contributed by atoms with van der Waals surface area (Å²) < 4.78 is 0. The van der Waals surface area contributed by atoms with Crippen LogP contribution < -0.4 is 0 Å². The normalized spacial score (nSPS) is 25.2. The van der Waals surface area contributed by atoms with Gasteiger partial charge < -0.3 is 9.62 Å². The quantitative estimate of drug-likeness (QED) is 0.501. The fourth-order valence-corrected chi connectivity index (χ4v) is 1.66. The van der Waals surface area contributed by atoms with Gasteiger partial charge in [-0.05, 0) is 51.9 Å². The van der Waals surface area contributed by atoms with Gasteiger partial charge in [0, 0.05) is 0 Å². The van der Waals surface area contributed by atoms with Crippen LogP contribution in [0.25, 0.3) is 0 Å². The Hall–Kier alpha value is 0.0499. The molecule has 1 fully saturated rings. The molecule has 4 heteroatoms. The number of rotatable bonds is 0. The van der Waals surface area contributed by atoms with E-state index in [0.717, 1.165) is 39.0 Å². The minimum atomic E-state index is 1.01. The maximum absolute atomic E-state index is 5.80. The van der Waals surface area contributed by atoms with Gasteiger partial charge in [-0.25, -0.2) is 0 Å². The Kier molecular flexibility index (Phi) is 5.56. The predicted molar refractivity (Wildman–Crippen MR) is 57.7 cm³/mol. The van der Waals surface area contributed by atoms with Crippen LogP contribution in [0.2, 0.25) is 0 Å². The monoisotopic (exact) mass is 176 g/mol. The average Bonchev–Trinajstić information content (AvgIpc) is 2.14. The van der Waals surface area contributed by atoms with E-state index in [1.807, 2.05) is 9.62 Å². The minimum Gasteiger partial charge on any atom is -0.353 e. The Morgan fingerprint density at radius 1 is 0.538 bits per heavy atom. The molecule has 1 heterocycles. The lowest BCUT2D eigenvalue weighted by Crippen LogP contribution is -2.24. The molecule has 1 aliphatic heterocycles. The van der Waals surface area contributed by atoms with Gasteiger partial charge >= 0.3 is 0 Å². The average molecular weight is 176 g/mol. The predicted octanol–water partition coefficient (Wildman–Crippen LogP) is 0.721. The van der Waals surface area contributed by atoms with Crippen molar-refractivity contribution in [1.82, 2.24) is 9.62 Å². The van der Waals surface area contributed by atoms with Crippen LogP contribution in [0.3, 0.4) is 0 Å². The lowest BCUT2D eigenvalue weighted by Gasteiger charge is -2.16. The van der Waals surface area contributed by atoms with Crippen molar-refractivity contribution in [1.29, 1.82) is 0 Å². The van der Waals surface area contributed by atoms with Crippen LogP contribution in [-0.4, -0.2) is 51.8 Å². The summed E-state index contributed by atoms with van der Waals surface area (Å²) in [5.74, 6) is 0. The molecule has 0 spiro atoms. The second kappa shape index (κ2) is 6.50. The molecule has 0 N–H and O–H groups in total. The minimum absolute atomic E-state index is 1.01. The largest absolute Gasteiger partial charge is 0.353 e. The molecule has 0 aliphatic carbocycles. The van der Waals surface area contributed by atoms with E-state index in [1.54, 1.807) is 0 Å². The standard InChI is InChI=1S/C9H18B2N2/c10-12-6-2-1-3-7-13(11)9-5-4-8-12/h1-9H2. The summed E-state index contributed by atoms with van der Waals surface area (Å²) in [7, 11) is 11.6. The Bertz CT molecular complexity index is 119. The highest BCUT2D eigenvalue weighted by Crippen LogP contribution is 2.03. The summed E-state index contributed by atoms with van der Waals surface area (Å²) in [5, 5.41) is 0. The maximum atomic E-state index is 5.80. The lowest BCUT2D eigenvalue weighted by atomic mass is 10.2. The van der Waals surface area contributed by atoms with Crippen molar-refractivity contribution in [3.8, 4) is 0 Å². The van der Waals surface area contributed by atoms with Gasteiger partial charge in [-0.3, -0.25) is 0 Å². The molecule has 0 aromatic rings. The van der Waals surface area contributed by atoms with E-state index in [9.17, 15) is 0 Å². The highest BCUT2D eigenvalue weighted by Gasteiger charge is 2.03. The van der Waals surface area contributed by atoms with Gasteiger partial charge in [0.25, 0.3) is 0 Å². The van der Waals surface area contributed by atoms with Crippen LogP contribution in [-0.2, 0) is 0 Å². The summed E-state index contributed by atoms with van der Waals surface area (Å²) in [5.41, 5.74) is 0. The van der Waals surface area contributed by atoms with Gasteiger partial charge in [-0.15, -0.1) is 0 Å². The summed E-state index contributed by atoms with van der Waals surface area (Å²) >= 11 is 0. The molecule has 0 saturated carbocycles. The van der Waals surface area contributed by atoms with Crippen molar-refractivity contribution in [3.05, 3.63) is 0 Å². The molecule has 1 aliphatic rings. The second-order valence-electron chi connectivity index (χ2n) is 3.84. The molecule has 13 heavy (non-hydrogen) atoms. The van der Waals surface area contributed by atoms with E-state index >= 15 is 0 Å². The molecule has 0 atom stereocenters. The molecule has 70 valence electrons.